The molecule has 1 heterocycles. The van der Waals surface area contributed by atoms with Crippen molar-refractivity contribution in [3.05, 3.63) is 53.4 Å². The number of methoxy groups -OCH3 is 1. The van der Waals surface area contributed by atoms with E-state index in [1.165, 1.54) is 31.4 Å². The molecule has 0 bridgehead atoms. The molecule has 1 aliphatic heterocycles. The van der Waals surface area contributed by atoms with Gasteiger partial charge in [0.25, 0.3) is 5.91 Å². The fourth-order valence-electron chi connectivity index (χ4n) is 2.62. The molecule has 28 heavy (non-hydrogen) atoms. The van der Waals surface area contributed by atoms with E-state index >= 15 is 0 Å². The van der Waals surface area contributed by atoms with Gasteiger partial charge in [-0.1, -0.05) is 0 Å². The molecule has 1 saturated heterocycles. The Morgan fingerprint density at radius 1 is 0.929 bits per heavy atom. The summed E-state index contributed by atoms with van der Waals surface area (Å²) in [5.74, 6) is -11.7. The van der Waals surface area contributed by atoms with Gasteiger partial charge in [0.15, 0.2) is 23.3 Å². The molecule has 1 aliphatic rings. The number of nitrogens with zero attached hydrogens (tertiary/aromatic N) is 1. The van der Waals surface area contributed by atoms with Crippen molar-refractivity contribution in [1.82, 2.24) is 5.43 Å². The van der Waals surface area contributed by atoms with E-state index in [1.807, 2.05) is 0 Å². The van der Waals surface area contributed by atoms with E-state index < -0.39 is 59.1 Å². The molecular formula is C17H12F5N3O3. The monoisotopic (exact) mass is 401 g/mol. The maximum absolute atomic E-state index is 13.7. The summed E-state index contributed by atoms with van der Waals surface area (Å²) in [6.07, 6.45) is -0.396. The zero-order valence-electron chi connectivity index (χ0n) is 14.2. The number of hydrazine groups is 1. The Hall–Kier alpha value is -3.21. The SMILES string of the molecule is COc1ccc(N2C(=O)CC(NNc3c(F)c(F)c(F)c(F)c3F)C2=O)cc1. The molecule has 2 aromatic carbocycles. The predicted molar refractivity (Wildman–Crippen MR) is 86.9 cm³/mol. The molecule has 2 N–H and O–H groups in total. The van der Waals surface area contributed by atoms with Gasteiger partial charge in [0.1, 0.15) is 17.5 Å². The van der Waals surface area contributed by atoms with Crippen molar-refractivity contribution in [3.63, 3.8) is 0 Å². The Morgan fingerprint density at radius 2 is 1.46 bits per heavy atom. The maximum atomic E-state index is 13.7. The smallest absolute Gasteiger partial charge is 0.253 e. The van der Waals surface area contributed by atoms with Crippen LogP contribution in [0.25, 0.3) is 0 Å². The molecule has 148 valence electrons. The highest BCUT2D eigenvalue weighted by Crippen LogP contribution is 2.28. The number of imide groups is 1. The summed E-state index contributed by atoms with van der Waals surface area (Å²) in [5.41, 5.74) is 2.81. The lowest BCUT2D eigenvalue weighted by atomic mass is 10.2. The number of hydrogen-bond acceptors (Lipinski definition) is 5. The predicted octanol–water partition coefficient (Wildman–Crippen LogP) is 2.64. The van der Waals surface area contributed by atoms with Crippen LogP contribution in [0.2, 0.25) is 0 Å². The average Bonchev–Trinajstić information content (AvgIpc) is 2.98. The number of rotatable bonds is 5. The van der Waals surface area contributed by atoms with Crippen LogP contribution in [0.1, 0.15) is 6.42 Å². The first-order chi connectivity index (χ1) is 13.3. The summed E-state index contributed by atoms with van der Waals surface area (Å²) in [5, 5.41) is 0. The van der Waals surface area contributed by atoms with Gasteiger partial charge in [-0.2, -0.15) is 0 Å². The summed E-state index contributed by atoms with van der Waals surface area (Å²) < 4.78 is 71.8. The Labute approximate surface area is 154 Å². The van der Waals surface area contributed by atoms with Crippen molar-refractivity contribution in [2.45, 2.75) is 12.5 Å². The number of benzene rings is 2. The number of ether oxygens (including phenoxy) is 1. The van der Waals surface area contributed by atoms with E-state index in [4.69, 9.17) is 4.74 Å². The first-order valence-electron chi connectivity index (χ1n) is 7.80. The van der Waals surface area contributed by atoms with Gasteiger partial charge >= 0.3 is 0 Å². The lowest BCUT2D eigenvalue weighted by Gasteiger charge is -2.17. The third-order valence-corrected chi connectivity index (χ3v) is 4.06. The molecule has 1 fully saturated rings. The standard InChI is InChI=1S/C17H12F5N3O3/c1-28-8-4-2-7(3-5-8)25-10(26)6-9(17(25)27)23-24-16-14(21)12(19)11(18)13(20)15(16)22/h2-5,9,23-24H,6H2,1H3. The minimum Gasteiger partial charge on any atom is -0.497 e. The molecule has 0 aliphatic carbocycles. The number of amides is 2. The summed E-state index contributed by atoms with van der Waals surface area (Å²) in [7, 11) is 1.44. The van der Waals surface area contributed by atoms with E-state index in [9.17, 15) is 31.5 Å². The Balaban J connectivity index is 1.78. The second-order valence-electron chi connectivity index (χ2n) is 5.74. The highest BCUT2D eigenvalue weighted by Gasteiger charge is 2.40. The fraction of sp³-hybridized carbons (Fsp3) is 0.176. The normalized spacial score (nSPS) is 16.6. The van der Waals surface area contributed by atoms with Gasteiger partial charge in [0, 0.05) is 0 Å². The third kappa shape index (κ3) is 3.24. The molecule has 1 atom stereocenters. The van der Waals surface area contributed by atoms with Crippen LogP contribution in [0.4, 0.5) is 33.3 Å². The lowest BCUT2D eigenvalue weighted by Crippen LogP contribution is -2.42. The number of hydrogen-bond donors (Lipinski definition) is 2. The second kappa shape index (κ2) is 7.43. The zero-order chi connectivity index (χ0) is 20.6. The van der Waals surface area contributed by atoms with Gasteiger partial charge in [0.05, 0.1) is 19.2 Å². The molecule has 11 heteroatoms. The van der Waals surface area contributed by atoms with Crippen LogP contribution in [-0.4, -0.2) is 25.0 Å². The number of carbonyl (C=O) groups excluding carboxylic acids is 2. The Bertz CT molecular complexity index is 923. The van der Waals surface area contributed by atoms with Crippen LogP contribution in [0, 0.1) is 29.1 Å². The van der Waals surface area contributed by atoms with E-state index in [0.29, 0.717) is 5.75 Å². The number of anilines is 2. The van der Waals surface area contributed by atoms with Gasteiger partial charge in [0.2, 0.25) is 11.7 Å². The van der Waals surface area contributed by atoms with E-state index in [-0.39, 0.29) is 5.69 Å². The van der Waals surface area contributed by atoms with Gasteiger partial charge in [-0.25, -0.2) is 32.3 Å². The number of carbonyl (C=O) groups is 2. The first-order valence-corrected chi connectivity index (χ1v) is 7.80. The quantitative estimate of drug-likeness (QED) is 0.265. The van der Waals surface area contributed by atoms with Crippen LogP contribution in [-0.2, 0) is 9.59 Å². The molecule has 3 rings (SSSR count). The first kappa shape index (κ1) is 19.5. The zero-order valence-corrected chi connectivity index (χ0v) is 14.2. The van der Waals surface area contributed by atoms with Crippen molar-refractivity contribution >= 4 is 23.2 Å². The van der Waals surface area contributed by atoms with Crippen molar-refractivity contribution in [2.75, 3.05) is 17.4 Å². The van der Waals surface area contributed by atoms with Crippen LogP contribution in [0.5, 0.6) is 5.75 Å². The average molecular weight is 401 g/mol. The molecule has 1 unspecified atom stereocenters. The van der Waals surface area contributed by atoms with E-state index in [2.05, 4.69) is 5.43 Å². The highest BCUT2D eigenvalue weighted by molar-refractivity contribution is 6.22. The molecule has 0 aromatic heterocycles. The Morgan fingerprint density at radius 3 is 2.00 bits per heavy atom. The Kier molecular flexibility index (Phi) is 5.18. The minimum absolute atomic E-state index is 0.233. The van der Waals surface area contributed by atoms with Crippen molar-refractivity contribution in [2.24, 2.45) is 0 Å². The van der Waals surface area contributed by atoms with Crippen LogP contribution < -0.4 is 20.5 Å². The van der Waals surface area contributed by atoms with Crippen LogP contribution in [0.3, 0.4) is 0 Å². The van der Waals surface area contributed by atoms with Crippen LogP contribution >= 0.6 is 0 Å². The van der Waals surface area contributed by atoms with Gasteiger partial charge in [-0.3, -0.25) is 9.59 Å². The summed E-state index contributed by atoms with van der Waals surface area (Å²) in [6.45, 7) is 0. The van der Waals surface area contributed by atoms with Gasteiger partial charge in [-0.15, -0.1) is 0 Å². The molecular weight excluding hydrogens is 389 g/mol. The highest BCUT2D eigenvalue weighted by atomic mass is 19.2. The maximum Gasteiger partial charge on any atom is 0.253 e. The molecule has 2 amide bonds. The largest absolute Gasteiger partial charge is 0.497 e. The molecule has 6 nitrogen and oxygen atoms in total. The second-order valence-corrected chi connectivity index (χ2v) is 5.74. The van der Waals surface area contributed by atoms with Crippen molar-refractivity contribution in [3.8, 4) is 5.75 Å². The van der Waals surface area contributed by atoms with E-state index in [0.717, 1.165) is 4.90 Å². The van der Waals surface area contributed by atoms with Crippen molar-refractivity contribution in [1.29, 1.82) is 0 Å². The van der Waals surface area contributed by atoms with Crippen LogP contribution in [0.15, 0.2) is 24.3 Å². The topological polar surface area (TPSA) is 70.7 Å². The molecule has 0 radical (unpaired) electrons. The fourth-order valence-corrected chi connectivity index (χ4v) is 2.62. The minimum atomic E-state index is -2.31. The molecule has 0 spiro atoms. The van der Waals surface area contributed by atoms with E-state index in [1.54, 1.807) is 5.43 Å². The lowest BCUT2D eigenvalue weighted by molar-refractivity contribution is -0.121. The molecule has 0 saturated carbocycles. The van der Waals surface area contributed by atoms with Gasteiger partial charge < -0.3 is 10.2 Å². The summed E-state index contributed by atoms with van der Waals surface area (Å²) in [6, 6.07) is 4.65. The molecule has 2 aromatic rings. The number of halogens is 5. The van der Waals surface area contributed by atoms with Gasteiger partial charge in [-0.05, 0) is 24.3 Å². The van der Waals surface area contributed by atoms with Crippen molar-refractivity contribution < 1.29 is 36.3 Å². The number of nitrogens with one attached hydrogen (secondary N) is 2. The summed E-state index contributed by atoms with van der Waals surface area (Å²) in [4.78, 5) is 25.4. The summed E-state index contributed by atoms with van der Waals surface area (Å²) >= 11 is 0. The third-order valence-electron chi connectivity index (χ3n) is 4.06.